The number of hydrogen-bond acceptors (Lipinski definition) is 6. The van der Waals surface area contributed by atoms with E-state index in [1.165, 1.54) is 0 Å². The number of carboxylic acids is 1. The van der Waals surface area contributed by atoms with Crippen molar-refractivity contribution in [1.29, 1.82) is 0 Å². The van der Waals surface area contributed by atoms with Gasteiger partial charge in [-0.15, -0.1) is 11.8 Å². The van der Waals surface area contributed by atoms with Crippen LogP contribution in [0, 0.1) is 0 Å². The van der Waals surface area contributed by atoms with E-state index in [0.29, 0.717) is 17.1 Å². The third-order valence-electron chi connectivity index (χ3n) is 3.97. The summed E-state index contributed by atoms with van der Waals surface area (Å²) < 4.78 is 0. The Balaban J connectivity index is 1.83. The number of rotatable bonds is 8. The molecule has 3 aromatic carbocycles. The summed E-state index contributed by atoms with van der Waals surface area (Å²) in [5.41, 5.74) is 14.4. The maximum Gasteiger partial charge on any atom is 0.337 e. The van der Waals surface area contributed by atoms with Crippen LogP contribution >= 0.6 is 23.5 Å². The van der Waals surface area contributed by atoms with Crippen LogP contribution in [0.2, 0.25) is 0 Å². The summed E-state index contributed by atoms with van der Waals surface area (Å²) in [5, 5.41) is 12.7. The zero-order valence-corrected chi connectivity index (χ0v) is 16.7. The lowest BCUT2D eigenvalue weighted by Gasteiger charge is -2.21. The standard InChI is InChI=1S/C21H21N3O2S2/c22-15-8-2-5-11-18(15)27-13-20(28-19-12-6-3-9-16(19)23)24-17-10-4-1-7-14(17)21(25)26/h1-12,20,24H,13,22-23H2,(H,25,26). The summed E-state index contributed by atoms with van der Waals surface area (Å²) in [6.07, 6.45) is 0. The fourth-order valence-corrected chi connectivity index (χ4v) is 4.75. The number of hydrogen-bond donors (Lipinski definition) is 4. The van der Waals surface area contributed by atoms with E-state index in [1.807, 2.05) is 54.6 Å². The Morgan fingerprint density at radius 2 is 1.46 bits per heavy atom. The van der Waals surface area contributed by atoms with Gasteiger partial charge >= 0.3 is 5.97 Å². The number of nitrogens with two attached hydrogens (primary N) is 2. The largest absolute Gasteiger partial charge is 0.478 e. The van der Waals surface area contributed by atoms with Gasteiger partial charge in [-0.3, -0.25) is 0 Å². The second kappa shape index (κ2) is 9.43. The number of carboxylic acid groups (broad SMARTS) is 1. The van der Waals surface area contributed by atoms with Gasteiger partial charge in [0.2, 0.25) is 0 Å². The minimum atomic E-state index is -0.967. The first kappa shape index (κ1) is 20.0. The zero-order chi connectivity index (χ0) is 19.9. The molecule has 5 nitrogen and oxygen atoms in total. The van der Waals surface area contributed by atoms with Crippen molar-refractivity contribution in [3.8, 4) is 0 Å². The SMILES string of the molecule is Nc1ccccc1SCC(Nc1ccccc1C(=O)O)Sc1ccccc1N. The van der Waals surface area contributed by atoms with Gasteiger partial charge in [-0.25, -0.2) is 4.79 Å². The Hall–Kier alpha value is -2.77. The van der Waals surface area contributed by atoms with Gasteiger partial charge in [-0.1, -0.05) is 48.2 Å². The summed E-state index contributed by atoms with van der Waals surface area (Å²) in [6, 6.07) is 22.2. The first-order valence-electron chi connectivity index (χ1n) is 8.62. The predicted molar refractivity (Wildman–Crippen MR) is 119 cm³/mol. The molecule has 0 aromatic heterocycles. The van der Waals surface area contributed by atoms with E-state index < -0.39 is 5.97 Å². The quantitative estimate of drug-likeness (QED) is 0.238. The van der Waals surface area contributed by atoms with Crippen molar-refractivity contribution in [1.82, 2.24) is 0 Å². The van der Waals surface area contributed by atoms with Crippen molar-refractivity contribution >= 4 is 46.6 Å². The molecule has 0 spiro atoms. The third kappa shape index (κ3) is 5.15. The van der Waals surface area contributed by atoms with E-state index in [0.717, 1.165) is 15.5 Å². The first-order chi connectivity index (χ1) is 13.5. The van der Waals surface area contributed by atoms with E-state index in [9.17, 15) is 9.90 Å². The van der Waals surface area contributed by atoms with Gasteiger partial charge in [-0.2, -0.15) is 0 Å². The van der Waals surface area contributed by atoms with E-state index in [-0.39, 0.29) is 10.9 Å². The molecule has 3 aromatic rings. The lowest BCUT2D eigenvalue weighted by Crippen LogP contribution is -2.20. The fourth-order valence-electron chi connectivity index (χ4n) is 2.59. The Labute approximate surface area is 172 Å². The zero-order valence-electron chi connectivity index (χ0n) is 15.0. The summed E-state index contributed by atoms with van der Waals surface area (Å²) in [4.78, 5) is 13.5. The van der Waals surface area contributed by atoms with E-state index in [4.69, 9.17) is 11.5 Å². The Morgan fingerprint density at radius 3 is 2.11 bits per heavy atom. The van der Waals surface area contributed by atoms with Crippen molar-refractivity contribution in [2.24, 2.45) is 0 Å². The first-order valence-corrected chi connectivity index (χ1v) is 10.5. The normalized spacial score (nSPS) is 11.7. The number of thioether (sulfide) groups is 2. The van der Waals surface area contributed by atoms with Gasteiger partial charge in [0, 0.05) is 32.6 Å². The molecule has 0 saturated heterocycles. The topological polar surface area (TPSA) is 101 Å². The number of para-hydroxylation sites is 3. The average Bonchev–Trinajstić information content (AvgIpc) is 2.69. The smallest absolute Gasteiger partial charge is 0.337 e. The highest BCUT2D eigenvalue weighted by molar-refractivity contribution is 8.03. The summed E-state index contributed by atoms with van der Waals surface area (Å²) in [5.74, 6) is -0.299. The minimum absolute atomic E-state index is 0.116. The molecule has 6 N–H and O–H groups in total. The van der Waals surface area contributed by atoms with Crippen molar-refractivity contribution < 1.29 is 9.90 Å². The minimum Gasteiger partial charge on any atom is -0.478 e. The van der Waals surface area contributed by atoms with Crippen molar-refractivity contribution in [3.05, 3.63) is 78.4 Å². The summed E-state index contributed by atoms with van der Waals surface area (Å²) >= 11 is 3.18. The molecule has 1 atom stereocenters. The molecule has 0 saturated carbocycles. The van der Waals surface area contributed by atoms with Crippen LogP contribution in [0.3, 0.4) is 0 Å². The average molecular weight is 412 g/mol. The third-order valence-corrected chi connectivity index (χ3v) is 6.56. The highest BCUT2D eigenvalue weighted by atomic mass is 32.2. The Bertz CT molecular complexity index is 966. The Kier molecular flexibility index (Phi) is 6.73. The number of nitrogens with one attached hydrogen (secondary N) is 1. The Morgan fingerprint density at radius 1 is 0.893 bits per heavy atom. The molecule has 0 amide bonds. The summed E-state index contributed by atoms with van der Waals surface area (Å²) in [7, 11) is 0. The van der Waals surface area contributed by atoms with E-state index in [1.54, 1.807) is 41.7 Å². The second-order valence-electron chi connectivity index (χ2n) is 5.99. The van der Waals surface area contributed by atoms with Crippen LogP contribution in [0.5, 0.6) is 0 Å². The highest BCUT2D eigenvalue weighted by Crippen LogP contribution is 2.34. The molecule has 0 aliphatic rings. The molecule has 1 unspecified atom stereocenters. The molecule has 0 radical (unpaired) electrons. The maximum atomic E-state index is 11.6. The van der Waals surface area contributed by atoms with Crippen LogP contribution in [-0.4, -0.2) is 22.2 Å². The number of aromatic carboxylic acids is 1. The molecule has 144 valence electrons. The molecule has 0 aliphatic carbocycles. The van der Waals surface area contributed by atoms with Gasteiger partial charge in [0.15, 0.2) is 0 Å². The number of anilines is 3. The molecule has 0 bridgehead atoms. The van der Waals surface area contributed by atoms with Crippen molar-refractivity contribution in [2.45, 2.75) is 15.2 Å². The molecular formula is C21H21N3O2S2. The molecule has 7 heteroatoms. The lowest BCUT2D eigenvalue weighted by atomic mass is 10.2. The molecule has 0 aliphatic heterocycles. The van der Waals surface area contributed by atoms with Gasteiger partial charge in [0.1, 0.15) is 0 Å². The van der Waals surface area contributed by atoms with Crippen LogP contribution in [0.25, 0.3) is 0 Å². The van der Waals surface area contributed by atoms with E-state index >= 15 is 0 Å². The molecule has 0 heterocycles. The monoisotopic (exact) mass is 411 g/mol. The number of carbonyl (C=O) groups is 1. The number of nitrogen functional groups attached to an aromatic ring is 2. The molecule has 3 rings (SSSR count). The molecular weight excluding hydrogens is 390 g/mol. The summed E-state index contributed by atoms with van der Waals surface area (Å²) in [6.45, 7) is 0. The molecule has 0 fully saturated rings. The van der Waals surface area contributed by atoms with Crippen LogP contribution in [-0.2, 0) is 0 Å². The van der Waals surface area contributed by atoms with Crippen LogP contribution < -0.4 is 16.8 Å². The van der Waals surface area contributed by atoms with Crippen molar-refractivity contribution in [3.63, 3.8) is 0 Å². The van der Waals surface area contributed by atoms with Crippen LogP contribution in [0.1, 0.15) is 10.4 Å². The van der Waals surface area contributed by atoms with Gasteiger partial charge < -0.3 is 21.9 Å². The lowest BCUT2D eigenvalue weighted by molar-refractivity contribution is 0.0698. The van der Waals surface area contributed by atoms with Gasteiger partial charge in [-0.05, 0) is 36.4 Å². The van der Waals surface area contributed by atoms with Gasteiger partial charge in [0.05, 0.1) is 10.9 Å². The van der Waals surface area contributed by atoms with Crippen LogP contribution in [0.15, 0.2) is 82.6 Å². The van der Waals surface area contributed by atoms with Crippen molar-refractivity contribution in [2.75, 3.05) is 22.5 Å². The van der Waals surface area contributed by atoms with E-state index in [2.05, 4.69) is 5.32 Å². The second-order valence-corrected chi connectivity index (χ2v) is 8.29. The predicted octanol–water partition coefficient (Wildman–Crippen LogP) is 4.87. The fraction of sp³-hybridized carbons (Fsp3) is 0.0952. The maximum absolute atomic E-state index is 11.6. The molecule has 28 heavy (non-hydrogen) atoms. The number of benzene rings is 3. The van der Waals surface area contributed by atoms with Gasteiger partial charge in [0.25, 0.3) is 0 Å². The highest BCUT2D eigenvalue weighted by Gasteiger charge is 2.17. The van der Waals surface area contributed by atoms with Crippen LogP contribution in [0.4, 0.5) is 17.1 Å².